The van der Waals surface area contributed by atoms with Gasteiger partial charge in [-0.05, 0) is 36.5 Å². The van der Waals surface area contributed by atoms with Crippen molar-refractivity contribution in [2.24, 2.45) is 5.92 Å². The van der Waals surface area contributed by atoms with Crippen molar-refractivity contribution in [1.82, 2.24) is 10.6 Å². The largest absolute Gasteiger partial charge is 0.355 e. The third kappa shape index (κ3) is 4.53. The number of amides is 1. The zero-order valence-corrected chi connectivity index (χ0v) is 9.71. The fourth-order valence-corrected chi connectivity index (χ4v) is 1.61. The van der Waals surface area contributed by atoms with Gasteiger partial charge < -0.3 is 10.6 Å². The molecule has 0 saturated heterocycles. The number of hydrogen-bond acceptors (Lipinski definition) is 2. The minimum atomic E-state index is -0.248. The Hall–Kier alpha value is -1.42. The van der Waals surface area contributed by atoms with Gasteiger partial charge in [0.25, 0.3) is 0 Å². The van der Waals surface area contributed by atoms with Crippen LogP contribution in [0.4, 0.5) is 4.39 Å². The van der Waals surface area contributed by atoms with Gasteiger partial charge in [0.15, 0.2) is 0 Å². The van der Waals surface area contributed by atoms with Crippen LogP contribution in [0.25, 0.3) is 0 Å². The van der Waals surface area contributed by atoms with E-state index >= 15 is 0 Å². The maximum absolute atomic E-state index is 12.9. The fourth-order valence-electron chi connectivity index (χ4n) is 1.61. The second-order valence-electron chi connectivity index (χ2n) is 4.48. The summed E-state index contributed by atoms with van der Waals surface area (Å²) in [7, 11) is 0. The summed E-state index contributed by atoms with van der Waals surface area (Å²) < 4.78 is 12.9. The summed E-state index contributed by atoms with van der Waals surface area (Å²) in [5.41, 5.74) is 0.847. The van der Waals surface area contributed by atoms with Gasteiger partial charge in [-0.2, -0.15) is 0 Å². The lowest BCUT2D eigenvalue weighted by atomic mass is 10.2. The van der Waals surface area contributed by atoms with Crippen LogP contribution < -0.4 is 10.6 Å². The molecule has 0 unspecified atom stereocenters. The van der Waals surface area contributed by atoms with E-state index in [1.807, 2.05) is 6.07 Å². The highest BCUT2D eigenvalue weighted by Gasteiger charge is 2.21. The molecular weight excluding hydrogens is 219 g/mol. The zero-order valence-electron chi connectivity index (χ0n) is 9.71. The van der Waals surface area contributed by atoms with E-state index in [1.165, 1.54) is 25.0 Å². The number of nitrogens with one attached hydrogen (secondary N) is 2. The van der Waals surface area contributed by atoms with Crippen molar-refractivity contribution >= 4 is 5.91 Å². The van der Waals surface area contributed by atoms with Gasteiger partial charge in [-0.1, -0.05) is 12.1 Å². The van der Waals surface area contributed by atoms with Crippen molar-refractivity contribution in [3.8, 4) is 0 Å². The van der Waals surface area contributed by atoms with Crippen molar-refractivity contribution in [2.75, 3.05) is 13.1 Å². The quantitative estimate of drug-likeness (QED) is 0.784. The van der Waals surface area contributed by atoms with Gasteiger partial charge in [-0.15, -0.1) is 0 Å². The van der Waals surface area contributed by atoms with Crippen LogP contribution in [0.3, 0.4) is 0 Å². The van der Waals surface area contributed by atoms with Crippen molar-refractivity contribution in [3.05, 3.63) is 35.6 Å². The van der Waals surface area contributed by atoms with Gasteiger partial charge in [0.2, 0.25) is 5.91 Å². The molecule has 17 heavy (non-hydrogen) atoms. The molecule has 0 spiro atoms. The van der Waals surface area contributed by atoms with Crippen LogP contribution in [0.15, 0.2) is 24.3 Å². The Kier molecular flexibility index (Phi) is 4.09. The third-order valence-electron chi connectivity index (χ3n) is 2.79. The Morgan fingerprint density at radius 2 is 2.24 bits per heavy atom. The number of carbonyl (C=O) groups is 1. The standard InChI is InChI=1S/C13H17FN2O/c14-12-3-1-2-11(6-12)7-15-9-13(17)16-8-10-4-5-10/h1-3,6,10,15H,4-5,7-9H2,(H,16,17). The van der Waals surface area contributed by atoms with Crippen molar-refractivity contribution in [1.29, 1.82) is 0 Å². The monoisotopic (exact) mass is 236 g/mol. The zero-order chi connectivity index (χ0) is 12.1. The first-order chi connectivity index (χ1) is 8.24. The van der Waals surface area contributed by atoms with Gasteiger partial charge in [0, 0.05) is 13.1 Å². The second-order valence-corrected chi connectivity index (χ2v) is 4.48. The van der Waals surface area contributed by atoms with Crippen LogP contribution in [-0.4, -0.2) is 19.0 Å². The molecule has 1 aliphatic carbocycles. The summed E-state index contributed by atoms with van der Waals surface area (Å²) in [5, 5.41) is 5.86. The Labute approximate surface area is 100 Å². The molecule has 1 aromatic carbocycles. The molecule has 1 aromatic rings. The van der Waals surface area contributed by atoms with E-state index in [2.05, 4.69) is 10.6 Å². The van der Waals surface area contributed by atoms with E-state index in [4.69, 9.17) is 0 Å². The SMILES string of the molecule is O=C(CNCc1cccc(F)c1)NCC1CC1. The normalized spacial score (nSPS) is 14.6. The predicted octanol–water partition coefficient (Wildman–Crippen LogP) is 1.44. The Morgan fingerprint density at radius 1 is 1.41 bits per heavy atom. The van der Waals surface area contributed by atoms with E-state index in [0.717, 1.165) is 12.1 Å². The topological polar surface area (TPSA) is 41.1 Å². The molecule has 2 rings (SSSR count). The minimum Gasteiger partial charge on any atom is -0.355 e. The van der Waals surface area contributed by atoms with Crippen LogP contribution >= 0.6 is 0 Å². The van der Waals surface area contributed by atoms with Crippen molar-refractivity contribution in [3.63, 3.8) is 0 Å². The van der Waals surface area contributed by atoms with Gasteiger partial charge in [-0.25, -0.2) is 4.39 Å². The first-order valence-electron chi connectivity index (χ1n) is 5.96. The summed E-state index contributed by atoms with van der Waals surface area (Å²) in [5.74, 6) is 0.456. The molecule has 1 aliphatic rings. The number of carbonyl (C=O) groups excluding carboxylic acids is 1. The average molecular weight is 236 g/mol. The third-order valence-corrected chi connectivity index (χ3v) is 2.79. The maximum Gasteiger partial charge on any atom is 0.233 e. The fraction of sp³-hybridized carbons (Fsp3) is 0.462. The molecular formula is C13H17FN2O. The molecule has 0 bridgehead atoms. The molecule has 1 fully saturated rings. The van der Waals surface area contributed by atoms with Crippen molar-refractivity contribution in [2.45, 2.75) is 19.4 Å². The molecule has 92 valence electrons. The summed E-state index contributed by atoms with van der Waals surface area (Å²) in [4.78, 5) is 11.4. The Morgan fingerprint density at radius 3 is 2.94 bits per heavy atom. The van der Waals surface area contributed by atoms with Crippen LogP contribution in [-0.2, 0) is 11.3 Å². The number of halogens is 1. The molecule has 0 atom stereocenters. The van der Waals surface area contributed by atoms with E-state index < -0.39 is 0 Å². The van der Waals surface area contributed by atoms with Gasteiger partial charge in [-0.3, -0.25) is 4.79 Å². The van der Waals surface area contributed by atoms with Crippen molar-refractivity contribution < 1.29 is 9.18 Å². The van der Waals surface area contributed by atoms with Crippen LogP contribution in [0.5, 0.6) is 0 Å². The summed E-state index contributed by atoms with van der Waals surface area (Å²) in [6.45, 7) is 1.58. The molecule has 0 aliphatic heterocycles. The number of hydrogen-bond donors (Lipinski definition) is 2. The lowest BCUT2D eigenvalue weighted by molar-refractivity contribution is -0.120. The van der Waals surface area contributed by atoms with E-state index in [1.54, 1.807) is 6.07 Å². The predicted molar refractivity (Wildman–Crippen MR) is 63.8 cm³/mol. The molecule has 0 aromatic heterocycles. The highest BCUT2D eigenvalue weighted by atomic mass is 19.1. The summed E-state index contributed by atoms with van der Waals surface area (Å²) in [6, 6.07) is 6.37. The molecule has 1 amide bonds. The first-order valence-corrected chi connectivity index (χ1v) is 5.96. The molecule has 2 N–H and O–H groups in total. The van der Waals surface area contributed by atoms with E-state index in [0.29, 0.717) is 12.5 Å². The van der Waals surface area contributed by atoms with Gasteiger partial charge in [0.05, 0.1) is 6.54 Å². The summed E-state index contributed by atoms with van der Waals surface area (Å²) in [6.07, 6.45) is 2.47. The smallest absolute Gasteiger partial charge is 0.233 e. The molecule has 1 saturated carbocycles. The number of rotatable bonds is 6. The van der Waals surface area contributed by atoms with Gasteiger partial charge in [0.1, 0.15) is 5.82 Å². The molecule has 0 heterocycles. The van der Waals surface area contributed by atoms with E-state index in [-0.39, 0.29) is 18.3 Å². The van der Waals surface area contributed by atoms with Crippen LogP contribution in [0, 0.1) is 11.7 Å². The maximum atomic E-state index is 12.9. The minimum absolute atomic E-state index is 0.00769. The first kappa shape index (κ1) is 12.0. The molecule has 4 heteroatoms. The summed E-state index contributed by atoms with van der Waals surface area (Å²) >= 11 is 0. The molecule has 0 radical (unpaired) electrons. The average Bonchev–Trinajstić information content (AvgIpc) is 3.10. The Bertz CT molecular complexity index is 391. The molecule has 3 nitrogen and oxygen atoms in total. The highest BCUT2D eigenvalue weighted by molar-refractivity contribution is 5.77. The second kappa shape index (κ2) is 5.77. The van der Waals surface area contributed by atoms with Crippen LogP contribution in [0.2, 0.25) is 0 Å². The Balaban J connectivity index is 1.62. The number of benzene rings is 1. The highest BCUT2D eigenvalue weighted by Crippen LogP contribution is 2.27. The lowest BCUT2D eigenvalue weighted by Gasteiger charge is -2.06. The lowest BCUT2D eigenvalue weighted by Crippen LogP contribution is -2.34. The van der Waals surface area contributed by atoms with E-state index in [9.17, 15) is 9.18 Å². The van der Waals surface area contributed by atoms with Gasteiger partial charge >= 0.3 is 0 Å². The van der Waals surface area contributed by atoms with Crippen LogP contribution in [0.1, 0.15) is 18.4 Å².